The second-order valence-electron chi connectivity index (χ2n) is 8.87. The minimum Gasteiger partial charge on any atom is -0.379 e. The number of amides is 2. The van der Waals surface area contributed by atoms with Crippen LogP contribution in [-0.4, -0.2) is 61.0 Å². The third kappa shape index (κ3) is 7.40. The molecular formula is C29H32ClN3O3. The molecule has 1 fully saturated rings. The number of carbonyl (C=O) groups excluding carboxylic acids is 2. The Labute approximate surface area is 217 Å². The van der Waals surface area contributed by atoms with Crippen molar-refractivity contribution in [3.05, 3.63) is 107 Å². The molecule has 0 bridgehead atoms. The third-order valence-corrected chi connectivity index (χ3v) is 6.54. The molecule has 1 aliphatic heterocycles. The first kappa shape index (κ1) is 25.9. The van der Waals surface area contributed by atoms with Crippen LogP contribution in [0.5, 0.6) is 0 Å². The Balaban J connectivity index is 1.57. The maximum absolute atomic E-state index is 13.7. The van der Waals surface area contributed by atoms with E-state index in [9.17, 15) is 9.59 Å². The lowest BCUT2D eigenvalue weighted by molar-refractivity contribution is -0.141. The fourth-order valence-electron chi connectivity index (χ4n) is 4.35. The van der Waals surface area contributed by atoms with Gasteiger partial charge in [-0.2, -0.15) is 0 Å². The van der Waals surface area contributed by atoms with Crippen molar-refractivity contribution in [2.45, 2.75) is 19.0 Å². The predicted octanol–water partition coefficient (Wildman–Crippen LogP) is 4.10. The van der Waals surface area contributed by atoms with Crippen LogP contribution in [0.25, 0.3) is 0 Å². The average molecular weight is 506 g/mol. The molecule has 0 aromatic heterocycles. The molecule has 0 spiro atoms. The van der Waals surface area contributed by atoms with Crippen LogP contribution >= 0.6 is 11.6 Å². The summed E-state index contributed by atoms with van der Waals surface area (Å²) >= 11 is 6.04. The summed E-state index contributed by atoms with van der Waals surface area (Å²) in [6.45, 7) is 4.72. The Hall–Kier alpha value is -3.19. The molecule has 1 atom stereocenters. The number of carbonyl (C=O) groups is 2. The average Bonchev–Trinajstić information content (AvgIpc) is 2.91. The number of hydrogen-bond donors (Lipinski definition) is 1. The van der Waals surface area contributed by atoms with Gasteiger partial charge in [0.05, 0.1) is 19.6 Å². The van der Waals surface area contributed by atoms with Crippen molar-refractivity contribution in [2.75, 3.05) is 39.4 Å². The van der Waals surface area contributed by atoms with Crippen LogP contribution in [0.15, 0.2) is 84.9 Å². The molecule has 7 heteroatoms. The van der Waals surface area contributed by atoms with Gasteiger partial charge in [-0.3, -0.25) is 14.5 Å². The summed E-state index contributed by atoms with van der Waals surface area (Å²) in [5.41, 5.74) is 2.59. The van der Waals surface area contributed by atoms with E-state index in [4.69, 9.17) is 16.3 Å². The first-order valence-corrected chi connectivity index (χ1v) is 12.7. The quantitative estimate of drug-likeness (QED) is 0.450. The van der Waals surface area contributed by atoms with Gasteiger partial charge in [0.1, 0.15) is 6.04 Å². The fourth-order valence-corrected chi connectivity index (χ4v) is 4.47. The zero-order valence-corrected chi connectivity index (χ0v) is 21.1. The van der Waals surface area contributed by atoms with Crippen LogP contribution in [0, 0.1) is 0 Å². The normalized spacial score (nSPS) is 14.7. The van der Waals surface area contributed by atoms with E-state index in [1.807, 2.05) is 72.8 Å². The van der Waals surface area contributed by atoms with E-state index in [2.05, 4.69) is 10.2 Å². The van der Waals surface area contributed by atoms with E-state index in [0.717, 1.165) is 36.3 Å². The first-order valence-electron chi connectivity index (χ1n) is 12.3. The van der Waals surface area contributed by atoms with Crippen molar-refractivity contribution >= 4 is 23.4 Å². The Morgan fingerprint density at radius 2 is 1.53 bits per heavy atom. The molecule has 3 aromatic carbocycles. The number of nitrogens with one attached hydrogen (secondary N) is 1. The van der Waals surface area contributed by atoms with Gasteiger partial charge in [-0.05, 0) is 28.8 Å². The zero-order chi connectivity index (χ0) is 25.2. The van der Waals surface area contributed by atoms with Gasteiger partial charge in [-0.25, -0.2) is 0 Å². The number of benzene rings is 3. The van der Waals surface area contributed by atoms with Crippen LogP contribution in [-0.2, 0) is 27.3 Å². The lowest BCUT2D eigenvalue weighted by Crippen LogP contribution is -2.46. The maximum atomic E-state index is 13.7. The molecule has 0 aliphatic carbocycles. The van der Waals surface area contributed by atoms with Crippen LogP contribution in [0.2, 0.25) is 5.02 Å². The van der Waals surface area contributed by atoms with Crippen LogP contribution in [0.3, 0.4) is 0 Å². The Kier molecular flexibility index (Phi) is 9.50. The lowest BCUT2D eigenvalue weighted by atomic mass is 10.0. The maximum Gasteiger partial charge on any atom is 0.247 e. The summed E-state index contributed by atoms with van der Waals surface area (Å²) in [4.78, 5) is 31.3. The van der Waals surface area contributed by atoms with Gasteiger partial charge in [-0.1, -0.05) is 84.4 Å². The number of rotatable bonds is 10. The largest absolute Gasteiger partial charge is 0.379 e. The van der Waals surface area contributed by atoms with Crippen LogP contribution < -0.4 is 5.32 Å². The summed E-state index contributed by atoms with van der Waals surface area (Å²) in [6, 6.07) is 25.8. The van der Waals surface area contributed by atoms with Gasteiger partial charge < -0.3 is 15.0 Å². The molecule has 2 amide bonds. The fraction of sp³-hybridized carbons (Fsp3) is 0.310. The molecule has 4 rings (SSSR count). The number of halogens is 1. The molecule has 6 nitrogen and oxygen atoms in total. The monoisotopic (exact) mass is 505 g/mol. The number of morpholine rings is 1. The summed E-state index contributed by atoms with van der Waals surface area (Å²) < 4.78 is 5.41. The van der Waals surface area contributed by atoms with E-state index < -0.39 is 6.04 Å². The van der Waals surface area contributed by atoms with Crippen LogP contribution in [0.1, 0.15) is 22.7 Å². The summed E-state index contributed by atoms with van der Waals surface area (Å²) in [5, 5.41) is 3.71. The topological polar surface area (TPSA) is 61.9 Å². The first-order chi connectivity index (χ1) is 17.6. The van der Waals surface area contributed by atoms with Crippen LogP contribution in [0.4, 0.5) is 0 Å². The summed E-state index contributed by atoms with van der Waals surface area (Å²) in [6.07, 6.45) is 0.175. The molecule has 3 aromatic rings. The van der Waals surface area contributed by atoms with E-state index in [1.165, 1.54) is 0 Å². The number of nitrogens with zero attached hydrogens (tertiary/aromatic N) is 2. The van der Waals surface area contributed by atoms with E-state index in [-0.39, 0.29) is 18.2 Å². The Bertz CT molecular complexity index is 1100. The van der Waals surface area contributed by atoms with Gasteiger partial charge in [0.25, 0.3) is 0 Å². The molecule has 0 radical (unpaired) electrons. The molecule has 0 saturated carbocycles. The minimum absolute atomic E-state index is 0.127. The van der Waals surface area contributed by atoms with E-state index in [1.54, 1.807) is 17.0 Å². The molecular weight excluding hydrogens is 474 g/mol. The van der Waals surface area contributed by atoms with Gasteiger partial charge >= 0.3 is 0 Å². The van der Waals surface area contributed by atoms with E-state index >= 15 is 0 Å². The molecule has 1 heterocycles. The zero-order valence-electron chi connectivity index (χ0n) is 20.3. The second-order valence-corrected chi connectivity index (χ2v) is 9.31. The number of ether oxygens (including phenoxy) is 1. The molecule has 1 unspecified atom stereocenters. The third-order valence-electron chi connectivity index (χ3n) is 6.29. The van der Waals surface area contributed by atoms with Crippen molar-refractivity contribution in [1.29, 1.82) is 0 Å². The Morgan fingerprint density at radius 3 is 2.19 bits per heavy atom. The molecule has 36 heavy (non-hydrogen) atoms. The highest BCUT2D eigenvalue weighted by atomic mass is 35.5. The standard InChI is InChI=1S/C29H32ClN3O3/c30-26-13-11-23(12-14-26)21-27(34)33(22-24-7-3-1-4-8-24)28(25-9-5-2-6-10-25)29(35)31-15-16-32-17-19-36-20-18-32/h1-14,28H,15-22H2,(H,31,35). The van der Waals surface area contributed by atoms with Crippen molar-refractivity contribution in [2.24, 2.45) is 0 Å². The molecule has 1 aliphatic rings. The highest BCUT2D eigenvalue weighted by Gasteiger charge is 2.31. The van der Waals surface area contributed by atoms with Crippen molar-refractivity contribution in [3.8, 4) is 0 Å². The molecule has 1 saturated heterocycles. The van der Waals surface area contributed by atoms with Gasteiger partial charge in [0.15, 0.2) is 0 Å². The highest BCUT2D eigenvalue weighted by Crippen LogP contribution is 2.25. The van der Waals surface area contributed by atoms with E-state index in [0.29, 0.717) is 31.3 Å². The smallest absolute Gasteiger partial charge is 0.247 e. The van der Waals surface area contributed by atoms with Gasteiger partial charge in [0, 0.05) is 37.7 Å². The summed E-state index contributed by atoms with van der Waals surface area (Å²) in [5.74, 6) is -0.312. The van der Waals surface area contributed by atoms with Crippen molar-refractivity contribution < 1.29 is 14.3 Å². The molecule has 1 N–H and O–H groups in total. The van der Waals surface area contributed by atoms with Gasteiger partial charge in [-0.15, -0.1) is 0 Å². The SMILES string of the molecule is O=C(NCCN1CCOCC1)C(c1ccccc1)N(Cc1ccccc1)C(=O)Cc1ccc(Cl)cc1. The number of hydrogen-bond acceptors (Lipinski definition) is 4. The lowest BCUT2D eigenvalue weighted by Gasteiger charge is -2.32. The minimum atomic E-state index is -0.754. The highest BCUT2D eigenvalue weighted by molar-refractivity contribution is 6.30. The van der Waals surface area contributed by atoms with Crippen molar-refractivity contribution in [1.82, 2.24) is 15.1 Å². The predicted molar refractivity (Wildman–Crippen MR) is 142 cm³/mol. The van der Waals surface area contributed by atoms with Crippen molar-refractivity contribution in [3.63, 3.8) is 0 Å². The van der Waals surface area contributed by atoms with Gasteiger partial charge in [0.2, 0.25) is 11.8 Å². The molecule has 188 valence electrons. The second kappa shape index (κ2) is 13.2. The summed E-state index contributed by atoms with van der Waals surface area (Å²) in [7, 11) is 0. The Morgan fingerprint density at radius 1 is 0.889 bits per heavy atom.